The molecule has 12 heavy (non-hydrogen) atoms. The Kier molecular flexibility index (Phi) is 4.09. The van der Waals surface area contributed by atoms with Crippen molar-refractivity contribution in [1.82, 2.24) is 0 Å². The molecule has 0 aliphatic carbocycles. The van der Waals surface area contributed by atoms with Crippen LogP contribution in [-0.4, -0.2) is 5.75 Å². The highest BCUT2D eigenvalue weighted by Gasteiger charge is 1.99. The van der Waals surface area contributed by atoms with E-state index in [0.717, 1.165) is 17.1 Å². The van der Waals surface area contributed by atoms with Gasteiger partial charge in [0, 0.05) is 4.90 Å². The van der Waals surface area contributed by atoms with Crippen LogP contribution in [0.5, 0.6) is 0 Å². The number of hydrogen-bond donors (Lipinski definition) is 0. The molecular formula is C9H10BrFS. The van der Waals surface area contributed by atoms with E-state index in [1.54, 1.807) is 17.8 Å². The molecule has 0 fully saturated rings. The van der Waals surface area contributed by atoms with Gasteiger partial charge < -0.3 is 0 Å². The molecule has 1 aromatic carbocycles. The van der Waals surface area contributed by atoms with Crippen molar-refractivity contribution in [2.24, 2.45) is 0 Å². The van der Waals surface area contributed by atoms with Gasteiger partial charge in [0.2, 0.25) is 0 Å². The summed E-state index contributed by atoms with van der Waals surface area (Å²) in [4.78, 5) is 1.12. The summed E-state index contributed by atoms with van der Waals surface area (Å²) in [6, 6.07) is 5.11. The van der Waals surface area contributed by atoms with Crippen molar-refractivity contribution in [3.8, 4) is 0 Å². The van der Waals surface area contributed by atoms with Crippen molar-refractivity contribution in [3.05, 3.63) is 28.5 Å². The van der Waals surface area contributed by atoms with Crippen LogP contribution in [-0.2, 0) is 0 Å². The van der Waals surface area contributed by atoms with Crippen LogP contribution in [0.25, 0.3) is 0 Å². The molecule has 0 bridgehead atoms. The Morgan fingerprint density at radius 2 is 2.25 bits per heavy atom. The lowest BCUT2D eigenvalue weighted by molar-refractivity contribution is 0.619. The summed E-state index contributed by atoms with van der Waals surface area (Å²) in [5.41, 5.74) is 0. The zero-order chi connectivity index (χ0) is 8.97. The molecule has 0 unspecified atom stereocenters. The van der Waals surface area contributed by atoms with E-state index >= 15 is 0 Å². The predicted molar refractivity (Wildman–Crippen MR) is 55.1 cm³/mol. The Balaban J connectivity index is 2.69. The van der Waals surface area contributed by atoms with Crippen LogP contribution in [0, 0.1) is 5.82 Å². The fraction of sp³-hybridized carbons (Fsp3) is 0.333. The van der Waals surface area contributed by atoms with Gasteiger partial charge in [0.05, 0.1) is 4.47 Å². The largest absolute Gasteiger partial charge is 0.206 e. The first kappa shape index (κ1) is 10.1. The summed E-state index contributed by atoms with van der Waals surface area (Å²) in [6.07, 6.45) is 1.14. The minimum atomic E-state index is -0.198. The van der Waals surface area contributed by atoms with Gasteiger partial charge in [-0.05, 0) is 46.3 Å². The number of rotatable bonds is 3. The quantitative estimate of drug-likeness (QED) is 0.727. The van der Waals surface area contributed by atoms with Crippen LogP contribution in [0.3, 0.4) is 0 Å². The Bertz CT molecular complexity index is 263. The molecule has 0 radical (unpaired) electrons. The molecule has 1 rings (SSSR count). The van der Waals surface area contributed by atoms with Crippen LogP contribution in [0.15, 0.2) is 27.6 Å². The maximum absolute atomic E-state index is 12.8. The fourth-order valence-electron chi connectivity index (χ4n) is 0.787. The average Bonchev–Trinajstić information content (AvgIpc) is 2.07. The van der Waals surface area contributed by atoms with Crippen LogP contribution in [0.2, 0.25) is 0 Å². The van der Waals surface area contributed by atoms with E-state index in [2.05, 4.69) is 22.9 Å². The van der Waals surface area contributed by atoms with Gasteiger partial charge in [-0.25, -0.2) is 4.39 Å². The van der Waals surface area contributed by atoms with Gasteiger partial charge in [-0.15, -0.1) is 11.8 Å². The number of hydrogen-bond acceptors (Lipinski definition) is 1. The van der Waals surface area contributed by atoms with Crippen LogP contribution >= 0.6 is 27.7 Å². The molecule has 0 aliphatic heterocycles. The Labute approximate surface area is 84.7 Å². The third-order valence-electron chi connectivity index (χ3n) is 1.36. The van der Waals surface area contributed by atoms with Gasteiger partial charge in [-0.1, -0.05) is 6.92 Å². The molecule has 0 atom stereocenters. The fourth-order valence-corrected chi connectivity index (χ4v) is 2.12. The lowest BCUT2D eigenvalue weighted by Gasteiger charge is -2.00. The Morgan fingerprint density at radius 3 is 2.83 bits per heavy atom. The van der Waals surface area contributed by atoms with Crippen molar-refractivity contribution in [3.63, 3.8) is 0 Å². The summed E-state index contributed by atoms with van der Waals surface area (Å²) in [5.74, 6) is 0.883. The smallest absolute Gasteiger partial charge is 0.137 e. The van der Waals surface area contributed by atoms with Crippen molar-refractivity contribution in [1.29, 1.82) is 0 Å². The monoisotopic (exact) mass is 248 g/mol. The number of benzene rings is 1. The van der Waals surface area contributed by atoms with E-state index in [1.807, 2.05) is 6.07 Å². The van der Waals surface area contributed by atoms with E-state index in [-0.39, 0.29) is 5.82 Å². The third kappa shape index (κ3) is 2.79. The normalized spacial score (nSPS) is 10.2. The number of halogens is 2. The predicted octanol–water partition coefficient (Wildman–Crippen LogP) is 4.09. The van der Waals surface area contributed by atoms with E-state index < -0.39 is 0 Å². The highest BCUT2D eigenvalue weighted by atomic mass is 79.9. The summed E-state index contributed by atoms with van der Waals surface area (Å²) in [5, 5.41) is 0. The first-order chi connectivity index (χ1) is 5.74. The lowest BCUT2D eigenvalue weighted by Crippen LogP contribution is -1.79. The molecule has 0 spiro atoms. The summed E-state index contributed by atoms with van der Waals surface area (Å²) < 4.78 is 13.3. The van der Waals surface area contributed by atoms with Gasteiger partial charge in [-0.2, -0.15) is 0 Å². The molecule has 0 saturated heterocycles. The number of thioether (sulfide) groups is 1. The van der Waals surface area contributed by atoms with Gasteiger partial charge in [-0.3, -0.25) is 0 Å². The molecule has 0 aromatic heterocycles. The molecule has 0 aliphatic rings. The van der Waals surface area contributed by atoms with Crippen molar-refractivity contribution < 1.29 is 4.39 Å². The second-order valence-corrected chi connectivity index (χ2v) is 4.45. The summed E-state index contributed by atoms with van der Waals surface area (Å²) in [7, 11) is 0. The standard InChI is InChI=1S/C9H10BrFS/c1-2-5-12-7-3-4-9(11)8(10)6-7/h3-4,6H,2,5H2,1H3. The molecule has 0 N–H and O–H groups in total. The van der Waals surface area contributed by atoms with Gasteiger partial charge in [0.25, 0.3) is 0 Å². The Hall–Kier alpha value is -0.0200. The average molecular weight is 249 g/mol. The van der Waals surface area contributed by atoms with Gasteiger partial charge >= 0.3 is 0 Å². The molecule has 3 heteroatoms. The summed E-state index contributed by atoms with van der Waals surface area (Å²) >= 11 is 4.90. The van der Waals surface area contributed by atoms with Crippen LogP contribution in [0.4, 0.5) is 4.39 Å². The van der Waals surface area contributed by atoms with Crippen molar-refractivity contribution in [2.75, 3.05) is 5.75 Å². The van der Waals surface area contributed by atoms with Crippen molar-refractivity contribution >= 4 is 27.7 Å². The maximum Gasteiger partial charge on any atom is 0.137 e. The molecule has 1 aromatic rings. The molecule has 0 heterocycles. The first-order valence-electron chi connectivity index (χ1n) is 3.82. The van der Waals surface area contributed by atoms with Crippen LogP contribution in [0.1, 0.15) is 13.3 Å². The van der Waals surface area contributed by atoms with Crippen LogP contribution < -0.4 is 0 Å². The second-order valence-electron chi connectivity index (χ2n) is 2.42. The van der Waals surface area contributed by atoms with Gasteiger partial charge in [0.15, 0.2) is 0 Å². The minimum Gasteiger partial charge on any atom is -0.206 e. The lowest BCUT2D eigenvalue weighted by atomic mass is 10.3. The van der Waals surface area contributed by atoms with E-state index in [4.69, 9.17) is 0 Å². The third-order valence-corrected chi connectivity index (χ3v) is 3.17. The van der Waals surface area contributed by atoms with Gasteiger partial charge in [0.1, 0.15) is 5.82 Å². The SMILES string of the molecule is CCCSc1ccc(F)c(Br)c1. The Morgan fingerprint density at radius 1 is 1.50 bits per heavy atom. The van der Waals surface area contributed by atoms with E-state index in [1.165, 1.54) is 6.07 Å². The second kappa shape index (κ2) is 4.87. The first-order valence-corrected chi connectivity index (χ1v) is 5.59. The minimum absolute atomic E-state index is 0.198. The molecular weight excluding hydrogens is 239 g/mol. The topological polar surface area (TPSA) is 0 Å². The van der Waals surface area contributed by atoms with Crippen molar-refractivity contribution in [2.45, 2.75) is 18.2 Å². The molecule has 0 amide bonds. The maximum atomic E-state index is 12.8. The highest BCUT2D eigenvalue weighted by molar-refractivity contribution is 9.10. The van der Waals surface area contributed by atoms with E-state index in [9.17, 15) is 4.39 Å². The molecule has 0 saturated carbocycles. The zero-order valence-corrected chi connectivity index (χ0v) is 9.21. The molecule has 0 nitrogen and oxygen atoms in total. The van der Waals surface area contributed by atoms with E-state index in [0.29, 0.717) is 4.47 Å². The highest BCUT2D eigenvalue weighted by Crippen LogP contribution is 2.24. The summed E-state index contributed by atoms with van der Waals surface area (Å²) in [6.45, 7) is 2.13. The zero-order valence-electron chi connectivity index (χ0n) is 6.81. The molecule has 66 valence electrons.